The standard InChI is InChI=1S/C23H46NO4/c1-2-3-4-5-6-7-8-9-10-11-12-13-14-15-16-17-18-22(28)24-23(19-25,20-26)21-27/h18,25-27H,2-17,19-21H2,1H3,(H,24,28). The summed E-state index contributed by atoms with van der Waals surface area (Å²) in [4.78, 5) is 11.8. The molecule has 0 aliphatic rings. The molecule has 0 aromatic heterocycles. The molecule has 0 fully saturated rings. The third-order valence-corrected chi connectivity index (χ3v) is 5.43. The molecule has 0 aliphatic heterocycles. The predicted octanol–water partition coefficient (Wildman–Crippen LogP) is 4.28. The second-order valence-corrected chi connectivity index (χ2v) is 8.19. The van der Waals surface area contributed by atoms with Crippen molar-refractivity contribution in [1.82, 2.24) is 5.32 Å². The van der Waals surface area contributed by atoms with Crippen LogP contribution in [0.1, 0.15) is 110 Å². The van der Waals surface area contributed by atoms with Crippen molar-refractivity contribution in [3.8, 4) is 0 Å². The van der Waals surface area contributed by atoms with Gasteiger partial charge in [0.25, 0.3) is 0 Å². The molecule has 5 heteroatoms. The van der Waals surface area contributed by atoms with E-state index in [1.807, 2.05) is 0 Å². The number of hydrogen-bond acceptors (Lipinski definition) is 4. The zero-order valence-corrected chi connectivity index (χ0v) is 18.3. The molecule has 0 atom stereocenters. The number of rotatable bonds is 21. The van der Waals surface area contributed by atoms with Crippen molar-refractivity contribution < 1.29 is 20.1 Å². The van der Waals surface area contributed by atoms with Crippen LogP contribution < -0.4 is 5.32 Å². The summed E-state index contributed by atoms with van der Waals surface area (Å²) >= 11 is 0. The first-order valence-electron chi connectivity index (χ1n) is 11.6. The molecule has 0 unspecified atom stereocenters. The summed E-state index contributed by atoms with van der Waals surface area (Å²) < 4.78 is 0. The van der Waals surface area contributed by atoms with Crippen LogP contribution in [0.25, 0.3) is 0 Å². The zero-order chi connectivity index (χ0) is 20.9. The Kier molecular flexibility index (Phi) is 19.2. The van der Waals surface area contributed by atoms with Crippen molar-refractivity contribution >= 4 is 5.91 Å². The molecule has 5 nitrogen and oxygen atoms in total. The van der Waals surface area contributed by atoms with Gasteiger partial charge in [-0.15, -0.1) is 0 Å². The minimum Gasteiger partial charge on any atom is -0.394 e. The van der Waals surface area contributed by atoms with Crippen LogP contribution in [0.2, 0.25) is 0 Å². The molecule has 1 amide bonds. The van der Waals surface area contributed by atoms with Gasteiger partial charge in [-0.25, -0.2) is 0 Å². The smallest absolute Gasteiger partial charge is 0.224 e. The summed E-state index contributed by atoms with van der Waals surface area (Å²) in [6.07, 6.45) is 22.0. The number of aliphatic hydroxyl groups excluding tert-OH is 3. The molecule has 0 rings (SSSR count). The van der Waals surface area contributed by atoms with Crippen molar-refractivity contribution in [3.63, 3.8) is 0 Å². The fourth-order valence-electron chi connectivity index (χ4n) is 3.33. The highest BCUT2D eigenvalue weighted by molar-refractivity contribution is 5.85. The highest BCUT2D eigenvalue weighted by Gasteiger charge is 2.29. The summed E-state index contributed by atoms with van der Waals surface area (Å²) in [7, 11) is 0. The van der Waals surface area contributed by atoms with Crippen LogP contribution in [0.3, 0.4) is 0 Å². The highest BCUT2D eigenvalue weighted by atomic mass is 16.3. The van der Waals surface area contributed by atoms with Gasteiger partial charge in [-0.3, -0.25) is 4.79 Å². The third kappa shape index (κ3) is 15.3. The van der Waals surface area contributed by atoms with Crippen LogP contribution in [0.15, 0.2) is 0 Å². The SMILES string of the molecule is CCCCCCCCCCCCCCCCC[CH]C(=O)NC(CO)(CO)CO. The van der Waals surface area contributed by atoms with Crippen molar-refractivity contribution in [3.05, 3.63) is 6.42 Å². The van der Waals surface area contributed by atoms with Crippen molar-refractivity contribution in [2.45, 2.75) is 115 Å². The topological polar surface area (TPSA) is 89.8 Å². The fourth-order valence-corrected chi connectivity index (χ4v) is 3.33. The predicted molar refractivity (Wildman–Crippen MR) is 116 cm³/mol. The minimum atomic E-state index is -1.33. The molecule has 4 N–H and O–H groups in total. The lowest BCUT2D eigenvalue weighted by Gasteiger charge is -2.28. The summed E-state index contributed by atoms with van der Waals surface area (Å²) in [5, 5.41) is 30.1. The Balaban J connectivity index is 3.34. The molecule has 0 bridgehead atoms. The van der Waals surface area contributed by atoms with Gasteiger partial charge in [0.2, 0.25) is 5.91 Å². The van der Waals surface area contributed by atoms with Crippen LogP contribution >= 0.6 is 0 Å². The van der Waals surface area contributed by atoms with Crippen LogP contribution in [-0.2, 0) is 4.79 Å². The Morgan fingerprint density at radius 2 is 1.04 bits per heavy atom. The maximum absolute atomic E-state index is 11.8. The number of carbonyl (C=O) groups excluding carboxylic acids is 1. The molecule has 167 valence electrons. The second-order valence-electron chi connectivity index (χ2n) is 8.19. The number of hydrogen-bond donors (Lipinski definition) is 4. The van der Waals surface area contributed by atoms with Gasteiger partial charge in [0.1, 0.15) is 5.54 Å². The van der Waals surface area contributed by atoms with Crippen molar-refractivity contribution in [2.24, 2.45) is 0 Å². The lowest BCUT2D eigenvalue weighted by molar-refractivity contribution is -0.122. The van der Waals surface area contributed by atoms with Gasteiger partial charge in [0.15, 0.2) is 0 Å². The average molecular weight is 401 g/mol. The zero-order valence-electron chi connectivity index (χ0n) is 18.3. The lowest BCUT2D eigenvalue weighted by Crippen LogP contribution is -2.57. The minimum absolute atomic E-state index is 0.345. The Morgan fingerprint density at radius 3 is 1.39 bits per heavy atom. The van der Waals surface area contributed by atoms with E-state index in [0.29, 0.717) is 6.42 Å². The molecule has 1 radical (unpaired) electrons. The number of aliphatic hydroxyl groups is 3. The van der Waals surface area contributed by atoms with E-state index in [1.54, 1.807) is 0 Å². The molecule has 28 heavy (non-hydrogen) atoms. The molecule has 0 aromatic rings. The summed E-state index contributed by atoms with van der Waals surface area (Å²) in [6.45, 7) is 0.801. The highest BCUT2D eigenvalue weighted by Crippen LogP contribution is 2.14. The van der Waals surface area contributed by atoms with E-state index in [-0.39, 0.29) is 5.91 Å². The molecular weight excluding hydrogens is 354 g/mol. The first-order valence-corrected chi connectivity index (χ1v) is 11.6. The van der Waals surface area contributed by atoms with Crippen LogP contribution in [0.5, 0.6) is 0 Å². The van der Waals surface area contributed by atoms with Crippen molar-refractivity contribution in [1.29, 1.82) is 0 Å². The van der Waals surface area contributed by atoms with Gasteiger partial charge in [-0.05, 0) is 6.42 Å². The van der Waals surface area contributed by atoms with E-state index in [0.717, 1.165) is 12.8 Å². The average Bonchev–Trinajstić information content (AvgIpc) is 2.71. The van der Waals surface area contributed by atoms with E-state index in [1.165, 1.54) is 89.9 Å². The van der Waals surface area contributed by atoms with E-state index >= 15 is 0 Å². The van der Waals surface area contributed by atoms with E-state index in [9.17, 15) is 20.1 Å². The Hall–Kier alpha value is -0.650. The number of nitrogens with one attached hydrogen (secondary N) is 1. The number of amides is 1. The fraction of sp³-hybridized carbons (Fsp3) is 0.913. The number of carbonyl (C=O) groups is 1. The molecule has 0 heterocycles. The first-order chi connectivity index (χ1) is 13.6. The maximum Gasteiger partial charge on any atom is 0.224 e. The molecule has 0 saturated carbocycles. The van der Waals surface area contributed by atoms with Crippen LogP contribution in [0, 0.1) is 6.42 Å². The summed E-state index contributed by atoms with van der Waals surface area (Å²) in [5.41, 5.74) is -1.33. The van der Waals surface area contributed by atoms with Crippen molar-refractivity contribution in [2.75, 3.05) is 19.8 Å². The lowest BCUT2D eigenvalue weighted by atomic mass is 10.0. The van der Waals surface area contributed by atoms with E-state index in [2.05, 4.69) is 12.2 Å². The largest absolute Gasteiger partial charge is 0.394 e. The van der Waals surface area contributed by atoms with Gasteiger partial charge < -0.3 is 20.6 Å². The maximum atomic E-state index is 11.8. The van der Waals surface area contributed by atoms with Gasteiger partial charge in [-0.1, -0.05) is 103 Å². The summed E-state index contributed by atoms with van der Waals surface area (Å²) in [6, 6.07) is 0. The Bertz CT molecular complexity index is 337. The van der Waals surface area contributed by atoms with Gasteiger partial charge in [-0.2, -0.15) is 0 Å². The molecule has 0 spiro atoms. The molecule has 0 saturated heterocycles. The van der Waals surface area contributed by atoms with Gasteiger partial charge in [0, 0.05) is 6.42 Å². The van der Waals surface area contributed by atoms with Crippen LogP contribution in [0.4, 0.5) is 0 Å². The van der Waals surface area contributed by atoms with Gasteiger partial charge >= 0.3 is 0 Å². The quantitative estimate of drug-likeness (QED) is 0.216. The first kappa shape index (κ1) is 27.4. The molecular formula is C23H46NO4. The monoisotopic (exact) mass is 400 g/mol. The second kappa shape index (κ2) is 19.7. The Labute approximate surface area is 173 Å². The third-order valence-electron chi connectivity index (χ3n) is 5.43. The Morgan fingerprint density at radius 1 is 0.679 bits per heavy atom. The van der Waals surface area contributed by atoms with Gasteiger partial charge in [0.05, 0.1) is 19.8 Å². The summed E-state index contributed by atoms with van der Waals surface area (Å²) in [5.74, 6) is -0.345. The molecule has 0 aromatic carbocycles. The van der Waals surface area contributed by atoms with Crippen LogP contribution in [-0.4, -0.2) is 46.6 Å². The van der Waals surface area contributed by atoms with E-state index < -0.39 is 25.4 Å². The van der Waals surface area contributed by atoms with E-state index in [4.69, 9.17) is 0 Å². The normalized spacial score (nSPS) is 11.7. The number of unbranched alkanes of at least 4 members (excludes halogenated alkanes) is 15. The molecule has 0 aliphatic carbocycles.